The Morgan fingerprint density at radius 3 is 1.69 bits per heavy atom. The molecule has 0 spiro atoms. The normalized spacial score (nSPS) is 14.2. The highest BCUT2D eigenvalue weighted by molar-refractivity contribution is 6.01. The zero-order chi connectivity index (χ0) is 26.6. The predicted molar refractivity (Wildman–Crippen MR) is 139 cm³/mol. The first-order chi connectivity index (χ1) is 17.1. The Kier molecular flexibility index (Phi) is 8.39. The van der Waals surface area contributed by atoms with E-state index < -0.39 is 17.9 Å². The molecule has 0 amide bonds. The SMILES string of the molecule is CCOC(=O)C1=C(C)N(c2ccc(N(C)C)cc2)C(C)=C(C(=O)OCC)C1c1ccc(N([O-])O)cc1. The van der Waals surface area contributed by atoms with Crippen molar-refractivity contribution in [3.05, 3.63) is 81.8 Å². The summed E-state index contributed by atoms with van der Waals surface area (Å²) in [6.07, 6.45) is 0. The van der Waals surface area contributed by atoms with Gasteiger partial charge in [0.05, 0.1) is 36.0 Å². The molecule has 1 aliphatic heterocycles. The monoisotopic (exact) mass is 494 g/mol. The van der Waals surface area contributed by atoms with Crippen molar-refractivity contribution >= 4 is 29.0 Å². The van der Waals surface area contributed by atoms with E-state index in [-0.39, 0.29) is 35.3 Å². The highest BCUT2D eigenvalue weighted by Gasteiger charge is 2.41. The van der Waals surface area contributed by atoms with Crippen molar-refractivity contribution in [2.45, 2.75) is 33.6 Å². The number of nitrogens with zero attached hydrogens (tertiary/aromatic N) is 3. The van der Waals surface area contributed by atoms with Gasteiger partial charge in [-0.25, -0.2) is 9.59 Å². The number of carbonyl (C=O) groups excluding carboxylic acids is 2. The molecule has 0 unspecified atom stereocenters. The summed E-state index contributed by atoms with van der Waals surface area (Å²) < 4.78 is 10.8. The van der Waals surface area contributed by atoms with Crippen LogP contribution < -0.4 is 15.0 Å². The second kappa shape index (κ2) is 11.3. The first-order valence-electron chi connectivity index (χ1n) is 11.7. The molecule has 192 valence electrons. The maximum atomic E-state index is 13.3. The average molecular weight is 495 g/mol. The first kappa shape index (κ1) is 26.8. The van der Waals surface area contributed by atoms with Crippen LogP contribution in [0.25, 0.3) is 0 Å². The number of hydrogen-bond acceptors (Lipinski definition) is 9. The van der Waals surface area contributed by atoms with Crippen LogP contribution in [-0.2, 0) is 19.1 Å². The van der Waals surface area contributed by atoms with E-state index in [0.29, 0.717) is 17.0 Å². The fourth-order valence-electron chi connectivity index (χ4n) is 4.42. The minimum absolute atomic E-state index is 0.0222. The summed E-state index contributed by atoms with van der Waals surface area (Å²) in [5, 5.41) is 20.3. The first-order valence-corrected chi connectivity index (χ1v) is 11.7. The Hall–Kier alpha value is -3.82. The van der Waals surface area contributed by atoms with Gasteiger partial charge in [0.1, 0.15) is 0 Å². The van der Waals surface area contributed by atoms with Gasteiger partial charge in [-0.3, -0.25) is 5.21 Å². The quantitative estimate of drug-likeness (QED) is 0.412. The molecule has 9 heteroatoms. The molecule has 36 heavy (non-hydrogen) atoms. The fourth-order valence-corrected chi connectivity index (χ4v) is 4.42. The van der Waals surface area contributed by atoms with E-state index >= 15 is 0 Å². The average Bonchev–Trinajstić information content (AvgIpc) is 2.84. The summed E-state index contributed by atoms with van der Waals surface area (Å²) in [7, 11) is 3.89. The highest BCUT2D eigenvalue weighted by Crippen LogP contribution is 2.45. The predicted octanol–water partition coefficient (Wildman–Crippen LogP) is 4.72. The van der Waals surface area contributed by atoms with Crippen LogP contribution in [0.2, 0.25) is 0 Å². The molecule has 2 aromatic carbocycles. The van der Waals surface area contributed by atoms with E-state index in [1.54, 1.807) is 26.0 Å². The van der Waals surface area contributed by atoms with E-state index in [4.69, 9.17) is 9.47 Å². The third-order valence-corrected chi connectivity index (χ3v) is 6.09. The van der Waals surface area contributed by atoms with Gasteiger partial charge in [-0.05, 0) is 69.7 Å². The van der Waals surface area contributed by atoms with Gasteiger partial charge < -0.3 is 29.7 Å². The number of esters is 2. The number of rotatable bonds is 8. The molecule has 0 saturated carbocycles. The molecular formula is C27H32N3O6-. The molecule has 1 aliphatic rings. The molecule has 2 aromatic rings. The Morgan fingerprint density at radius 2 is 1.31 bits per heavy atom. The van der Waals surface area contributed by atoms with Crippen LogP contribution in [0.1, 0.15) is 39.2 Å². The smallest absolute Gasteiger partial charge is 0.336 e. The zero-order valence-electron chi connectivity index (χ0n) is 21.4. The van der Waals surface area contributed by atoms with Gasteiger partial charge in [0, 0.05) is 36.9 Å². The van der Waals surface area contributed by atoms with Gasteiger partial charge in [-0.1, -0.05) is 12.1 Å². The van der Waals surface area contributed by atoms with Gasteiger partial charge in [0.15, 0.2) is 0 Å². The number of hydrogen-bond donors (Lipinski definition) is 1. The lowest BCUT2D eigenvalue weighted by Gasteiger charge is -2.38. The summed E-state index contributed by atoms with van der Waals surface area (Å²) >= 11 is 0. The van der Waals surface area contributed by atoms with Crippen molar-refractivity contribution in [2.75, 3.05) is 42.3 Å². The maximum absolute atomic E-state index is 13.3. The number of benzene rings is 2. The molecule has 0 bridgehead atoms. The second-order valence-corrected chi connectivity index (χ2v) is 8.48. The highest BCUT2D eigenvalue weighted by atomic mass is 16.8. The van der Waals surface area contributed by atoms with Crippen LogP contribution in [0.4, 0.5) is 17.1 Å². The summed E-state index contributed by atoms with van der Waals surface area (Å²) in [6, 6.07) is 13.8. The van der Waals surface area contributed by atoms with E-state index in [0.717, 1.165) is 11.4 Å². The molecule has 0 aliphatic carbocycles. The molecule has 0 saturated heterocycles. The minimum atomic E-state index is -0.798. The Labute approximate surface area is 211 Å². The summed E-state index contributed by atoms with van der Waals surface area (Å²) in [5.41, 5.74) is 4.18. The van der Waals surface area contributed by atoms with Crippen molar-refractivity contribution in [1.82, 2.24) is 0 Å². The van der Waals surface area contributed by atoms with Crippen LogP contribution in [0.5, 0.6) is 0 Å². The van der Waals surface area contributed by atoms with E-state index in [1.807, 2.05) is 62.0 Å². The summed E-state index contributed by atoms with van der Waals surface area (Å²) in [5.74, 6) is -1.91. The van der Waals surface area contributed by atoms with Crippen molar-refractivity contribution in [1.29, 1.82) is 0 Å². The van der Waals surface area contributed by atoms with Crippen molar-refractivity contribution in [2.24, 2.45) is 0 Å². The number of anilines is 3. The molecule has 0 atom stereocenters. The van der Waals surface area contributed by atoms with Crippen LogP contribution in [0, 0.1) is 5.21 Å². The zero-order valence-corrected chi connectivity index (χ0v) is 21.4. The molecule has 9 nitrogen and oxygen atoms in total. The lowest BCUT2D eigenvalue weighted by molar-refractivity contribution is -0.139. The van der Waals surface area contributed by atoms with Crippen LogP contribution >= 0.6 is 0 Å². The number of carbonyl (C=O) groups is 2. The lowest BCUT2D eigenvalue weighted by Crippen LogP contribution is -2.35. The largest absolute Gasteiger partial charge is 0.733 e. The molecule has 3 rings (SSSR count). The minimum Gasteiger partial charge on any atom is -0.733 e. The van der Waals surface area contributed by atoms with E-state index in [1.165, 1.54) is 12.1 Å². The van der Waals surface area contributed by atoms with Crippen LogP contribution in [0.3, 0.4) is 0 Å². The molecular weight excluding hydrogens is 462 g/mol. The fraction of sp³-hybridized carbons (Fsp3) is 0.333. The lowest BCUT2D eigenvalue weighted by atomic mass is 9.79. The standard InChI is InChI=1S/C27H32N3O6/c1-7-35-26(31)23-17(3)29(21-15-13-20(14-16-21)28(5)6)18(4)24(27(32)36-8-2)25(23)19-9-11-22(12-10-19)30(33)34/h9-16,25,33H,7-8H2,1-6H3/q-1. The van der Waals surface area contributed by atoms with E-state index in [2.05, 4.69) is 0 Å². The Balaban J connectivity index is 2.27. The van der Waals surface area contributed by atoms with Gasteiger partial charge in [-0.2, -0.15) is 0 Å². The van der Waals surface area contributed by atoms with Gasteiger partial charge >= 0.3 is 11.9 Å². The summed E-state index contributed by atoms with van der Waals surface area (Å²) in [4.78, 5) is 30.5. The van der Waals surface area contributed by atoms with Gasteiger partial charge in [0.2, 0.25) is 0 Å². The molecule has 1 N–H and O–H groups in total. The second-order valence-electron chi connectivity index (χ2n) is 8.48. The Bertz CT molecular complexity index is 1130. The summed E-state index contributed by atoms with van der Waals surface area (Å²) in [6.45, 7) is 7.38. The molecule has 0 radical (unpaired) electrons. The van der Waals surface area contributed by atoms with Crippen LogP contribution in [0.15, 0.2) is 71.1 Å². The number of allylic oxidation sites excluding steroid dienone is 2. The van der Waals surface area contributed by atoms with E-state index in [9.17, 15) is 20.0 Å². The van der Waals surface area contributed by atoms with Gasteiger partial charge in [0.25, 0.3) is 0 Å². The molecule has 0 aromatic heterocycles. The molecule has 1 heterocycles. The van der Waals surface area contributed by atoms with Crippen molar-refractivity contribution < 1.29 is 24.3 Å². The maximum Gasteiger partial charge on any atom is 0.336 e. The third kappa shape index (κ3) is 5.22. The Morgan fingerprint density at radius 1 is 0.861 bits per heavy atom. The third-order valence-electron chi connectivity index (χ3n) is 6.09. The van der Waals surface area contributed by atoms with Crippen LogP contribution in [-0.4, -0.2) is 44.5 Å². The van der Waals surface area contributed by atoms with Crippen molar-refractivity contribution in [3.63, 3.8) is 0 Å². The number of ether oxygens (including phenoxy) is 2. The topological polar surface area (TPSA) is 106 Å². The molecule has 0 fully saturated rings. The van der Waals surface area contributed by atoms with Crippen molar-refractivity contribution in [3.8, 4) is 0 Å². The van der Waals surface area contributed by atoms with Gasteiger partial charge in [-0.15, -0.1) is 0 Å².